The second-order valence-corrected chi connectivity index (χ2v) is 8.34. The summed E-state index contributed by atoms with van der Waals surface area (Å²) in [7, 11) is 0. The Morgan fingerprint density at radius 3 is 2.93 bits per heavy atom. The number of ether oxygens (including phenoxy) is 1. The van der Waals surface area contributed by atoms with Gasteiger partial charge in [-0.05, 0) is 12.1 Å². The molecule has 0 amide bonds. The van der Waals surface area contributed by atoms with E-state index in [9.17, 15) is 4.79 Å². The first-order chi connectivity index (χ1) is 14.3. The summed E-state index contributed by atoms with van der Waals surface area (Å²) in [5.41, 5.74) is 2.43. The van der Waals surface area contributed by atoms with Crippen molar-refractivity contribution < 1.29 is 4.74 Å². The predicted octanol–water partition coefficient (Wildman–Crippen LogP) is 1.68. The molecular weight excluding hydrogens is 388 g/mol. The molecule has 5 rings (SSSR count). The highest BCUT2D eigenvalue weighted by atomic mass is 32.1. The Morgan fingerprint density at radius 1 is 1.21 bits per heavy atom. The normalized spacial score (nSPS) is 17.3. The van der Waals surface area contributed by atoms with Crippen molar-refractivity contribution in [3.8, 4) is 11.4 Å². The summed E-state index contributed by atoms with van der Waals surface area (Å²) in [6.07, 6.45) is 6.15. The lowest BCUT2D eigenvalue weighted by atomic mass is 10.1. The van der Waals surface area contributed by atoms with Crippen LogP contribution in [0.2, 0.25) is 0 Å². The van der Waals surface area contributed by atoms with Gasteiger partial charge in [-0.2, -0.15) is 0 Å². The average Bonchev–Trinajstić information content (AvgIpc) is 3.24. The SMILES string of the molecule is O=c1[nH]c(-c2cccnc2)nc2c1CN(Cc1cnc(N3CCOCC3)s1)CC2. The number of nitrogens with zero attached hydrogens (tertiary/aromatic N) is 5. The molecule has 5 heterocycles. The van der Waals surface area contributed by atoms with E-state index >= 15 is 0 Å². The molecule has 0 radical (unpaired) electrons. The predicted molar refractivity (Wildman–Crippen MR) is 111 cm³/mol. The lowest BCUT2D eigenvalue weighted by Gasteiger charge is -2.27. The van der Waals surface area contributed by atoms with Crippen LogP contribution < -0.4 is 10.5 Å². The monoisotopic (exact) mass is 410 g/mol. The Morgan fingerprint density at radius 2 is 2.10 bits per heavy atom. The molecule has 1 saturated heterocycles. The third kappa shape index (κ3) is 3.93. The van der Waals surface area contributed by atoms with E-state index in [1.807, 2.05) is 18.3 Å². The highest BCUT2D eigenvalue weighted by Gasteiger charge is 2.23. The molecule has 0 unspecified atom stereocenters. The van der Waals surface area contributed by atoms with Crippen LogP contribution in [0, 0.1) is 0 Å². The van der Waals surface area contributed by atoms with Gasteiger partial charge in [0, 0.05) is 68.2 Å². The zero-order valence-electron chi connectivity index (χ0n) is 16.0. The summed E-state index contributed by atoms with van der Waals surface area (Å²) in [5, 5.41) is 1.06. The van der Waals surface area contributed by atoms with Gasteiger partial charge in [0.15, 0.2) is 5.13 Å². The maximum Gasteiger partial charge on any atom is 0.255 e. The minimum Gasteiger partial charge on any atom is -0.378 e. The fourth-order valence-electron chi connectivity index (χ4n) is 3.75. The van der Waals surface area contributed by atoms with Crippen LogP contribution in [-0.4, -0.2) is 57.7 Å². The quantitative estimate of drug-likeness (QED) is 0.700. The number of thiazole rings is 1. The molecule has 3 aromatic rings. The smallest absolute Gasteiger partial charge is 0.255 e. The fraction of sp³-hybridized carbons (Fsp3) is 0.400. The maximum atomic E-state index is 12.7. The number of aromatic amines is 1. The van der Waals surface area contributed by atoms with E-state index < -0.39 is 0 Å². The van der Waals surface area contributed by atoms with Crippen LogP contribution in [0.5, 0.6) is 0 Å². The third-order valence-corrected chi connectivity index (χ3v) is 6.33. The molecule has 29 heavy (non-hydrogen) atoms. The van der Waals surface area contributed by atoms with Gasteiger partial charge in [0.25, 0.3) is 5.56 Å². The molecule has 1 fully saturated rings. The van der Waals surface area contributed by atoms with Gasteiger partial charge >= 0.3 is 0 Å². The number of hydrogen-bond donors (Lipinski definition) is 1. The first-order valence-electron chi connectivity index (χ1n) is 9.78. The molecule has 2 aliphatic heterocycles. The number of morpholine rings is 1. The Hall–Kier alpha value is -2.62. The molecule has 2 aliphatic rings. The number of aromatic nitrogens is 4. The van der Waals surface area contributed by atoms with Gasteiger partial charge in [-0.15, -0.1) is 11.3 Å². The summed E-state index contributed by atoms with van der Waals surface area (Å²) in [6, 6.07) is 3.75. The maximum absolute atomic E-state index is 12.7. The topological polar surface area (TPSA) is 87.2 Å². The van der Waals surface area contributed by atoms with Crippen LogP contribution in [0.25, 0.3) is 11.4 Å². The average molecular weight is 411 g/mol. The number of fused-ring (bicyclic) bond motifs is 1. The van der Waals surface area contributed by atoms with Crippen LogP contribution >= 0.6 is 11.3 Å². The van der Waals surface area contributed by atoms with Crippen LogP contribution in [-0.2, 0) is 24.2 Å². The summed E-state index contributed by atoms with van der Waals surface area (Å²) < 4.78 is 5.42. The molecule has 0 aliphatic carbocycles. The Kier molecular flexibility index (Phi) is 5.09. The molecule has 1 N–H and O–H groups in total. The van der Waals surface area contributed by atoms with E-state index in [0.717, 1.165) is 67.8 Å². The second kappa shape index (κ2) is 8.02. The highest BCUT2D eigenvalue weighted by molar-refractivity contribution is 7.15. The van der Waals surface area contributed by atoms with Crippen molar-refractivity contribution in [3.63, 3.8) is 0 Å². The molecule has 0 bridgehead atoms. The zero-order chi connectivity index (χ0) is 19.6. The molecule has 3 aromatic heterocycles. The van der Waals surface area contributed by atoms with Gasteiger partial charge in [-0.3, -0.25) is 14.7 Å². The van der Waals surface area contributed by atoms with Crippen molar-refractivity contribution in [1.29, 1.82) is 0 Å². The lowest BCUT2D eigenvalue weighted by Crippen LogP contribution is -2.36. The number of rotatable bonds is 4. The van der Waals surface area contributed by atoms with Crippen molar-refractivity contribution in [1.82, 2.24) is 24.8 Å². The number of anilines is 1. The van der Waals surface area contributed by atoms with E-state index in [0.29, 0.717) is 12.4 Å². The molecule has 150 valence electrons. The van der Waals surface area contributed by atoms with Crippen LogP contribution in [0.3, 0.4) is 0 Å². The number of pyridine rings is 1. The minimum absolute atomic E-state index is 0.0585. The van der Waals surface area contributed by atoms with Gasteiger partial charge in [0.2, 0.25) is 0 Å². The van der Waals surface area contributed by atoms with Gasteiger partial charge in [0.05, 0.1) is 24.5 Å². The largest absolute Gasteiger partial charge is 0.378 e. The summed E-state index contributed by atoms with van der Waals surface area (Å²) in [4.78, 5) is 34.8. The van der Waals surface area contributed by atoms with Gasteiger partial charge in [-0.25, -0.2) is 9.97 Å². The number of nitrogens with one attached hydrogen (secondary N) is 1. The Bertz CT molecular complexity index is 1040. The van der Waals surface area contributed by atoms with Crippen molar-refractivity contribution in [3.05, 3.63) is 57.2 Å². The molecule has 8 nitrogen and oxygen atoms in total. The summed E-state index contributed by atoms with van der Waals surface area (Å²) in [6.45, 7) is 5.58. The van der Waals surface area contributed by atoms with E-state index in [2.05, 4.69) is 24.8 Å². The van der Waals surface area contributed by atoms with E-state index in [1.54, 1.807) is 23.7 Å². The summed E-state index contributed by atoms with van der Waals surface area (Å²) >= 11 is 1.73. The molecule has 9 heteroatoms. The Balaban J connectivity index is 1.30. The number of H-pyrrole nitrogens is 1. The van der Waals surface area contributed by atoms with Crippen molar-refractivity contribution in [2.45, 2.75) is 19.5 Å². The van der Waals surface area contributed by atoms with Crippen molar-refractivity contribution in [2.24, 2.45) is 0 Å². The molecular formula is C20H22N6O2S. The standard InChI is InChI=1S/C20H22N6O2S/c27-19-16-13-25(12-15-11-22-20(29-15)26-6-8-28-9-7-26)5-3-17(16)23-18(24-19)14-2-1-4-21-10-14/h1-2,4,10-11H,3,5-9,12-13H2,(H,23,24,27). The summed E-state index contributed by atoms with van der Waals surface area (Å²) in [5.74, 6) is 0.591. The first kappa shape index (κ1) is 18.4. The van der Waals surface area contributed by atoms with Crippen LogP contribution in [0.1, 0.15) is 16.1 Å². The van der Waals surface area contributed by atoms with Crippen LogP contribution in [0.15, 0.2) is 35.5 Å². The fourth-order valence-corrected chi connectivity index (χ4v) is 4.75. The highest BCUT2D eigenvalue weighted by Crippen LogP contribution is 2.26. The molecule has 0 atom stereocenters. The number of hydrogen-bond acceptors (Lipinski definition) is 8. The first-order valence-corrected chi connectivity index (χ1v) is 10.6. The lowest BCUT2D eigenvalue weighted by molar-refractivity contribution is 0.122. The van der Waals surface area contributed by atoms with E-state index in [-0.39, 0.29) is 5.56 Å². The zero-order valence-corrected chi connectivity index (χ0v) is 16.8. The molecule has 0 aromatic carbocycles. The third-order valence-electron chi connectivity index (χ3n) is 5.29. The van der Waals surface area contributed by atoms with E-state index in [4.69, 9.17) is 9.72 Å². The molecule has 0 saturated carbocycles. The van der Waals surface area contributed by atoms with Crippen LogP contribution in [0.4, 0.5) is 5.13 Å². The van der Waals surface area contributed by atoms with Gasteiger partial charge in [0.1, 0.15) is 5.82 Å². The molecule has 0 spiro atoms. The minimum atomic E-state index is -0.0585. The van der Waals surface area contributed by atoms with E-state index in [1.165, 1.54) is 4.88 Å². The van der Waals surface area contributed by atoms with Crippen molar-refractivity contribution >= 4 is 16.5 Å². The Labute approximate surface area is 172 Å². The van der Waals surface area contributed by atoms with Gasteiger partial charge in [-0.1, -0.05) is 0 Å². The van der Waals surface area contributed by atoms with Gasteiger partial charge < -0.3 is 14.6 Å². The second-order valence-electron chi connectivity index (χ2n) is 7.25. The van der Waals surface area contributed by atoms with Crippen molar-refractivity contribution in [2.75, 3.05) is 37.7 Å².